The molecule has 0 aliphatic carbocycles. The number of rotatable bonds is 3. The zero-order valence-corrected chi connectivity index (χ0v) is 8.64. The van der Waals surface area contributed by atoms with Crippen LogP contribution in [0.5, 0.6) is 0 Å². The van der Waals surface area contributed by atoms with Crippen molar-refractivity contribution >= 4 is 11.9 Å². The van der Waals surface area contributed by atoms with E-state index in [1.54, 1.807) is 17.1 Å². The van der Waals surface area contributed by atoms with Gasteiger partial charge in [0.05, 0.1) is 12.0 Å². The topological polar surface area (TPSA) is 87.2 Å². The van der Waals surface area contributed by atoms with Gasteiger partial charge in [0.1, 0.15) is 6.04 Å². The van der Waals surface area contributed by atoms with Gasteiger partial charge in [0.2, 0.25) is 0 Å². The molecule has 0 saturated carbocycles. The summed E-state index contributed by atoms with van der Waals surface area (Å²) in [6.45, 7) is 1.16. The number of nitrogens with two attached hydrogens (primary N) is 1. The predicted molar refractivity (Wildman–Crippen MR) is 51.7 cm³/mol. The number of nitrogens with zero attached hydrogens (tertiary/aromatic N) is 2. The molecule has 0 bridgehead atoms. The van der Waals surface area contributed by atoms with Crippen LogP contribution in [0.15, 0.2) is 12.5 Å². The number of hydrogen-bond acceptors (Lipinski definition) is 5. The molecule has 0 radical (unpaired) electrons. The first-order valence-corrected chi connectivity index (χ1v) is 4.43. The van der Waals surface area contributed by atoms with Crippen LogP contribution in [-0.2, 0) is 27.8 Å². The van der Waals surface area contributed by atoms with Gasteiger partial charge in [0, 0.05) is 26.6 Å². The highest BCUT2D eigenvalue weighted by Crippen LogP contribution is 2.00. The molecule has 1 heterocycles. The Kier molecular flexibility index (Phi) is 3.56. The fourth-order valence-corrected chi connectivity index (χ4v) is 1.10. The van der Waals surface area contributed by atoms with Crippen molar-refractivity contribution in [3.63, 3.8) is 0 Å². The molecule has 1 aromatic rings. The van der Waals surface area contributed by atoms with Gasteiger partial charge in [-0.05, 0) is 0 Å². The van der Waals surface area contributed by atoms with Crippen LogP contribution >= 0.6 is 0 Å². The fraction of sp³-hybridized carbons (Fsp3) is 0.444. The summed E-state index contributed by atoms with van der Waals surface area (Å²) in [5.74, 6) is -1.38. The van der Waals surface area contributed by atoms with Gasteiger partial charge in [0.15, 0.2) is 0 Å². The second-order valence-corrected chi connectivity index (χ2v) is 3.25. The SMILES string of the molecule is CC(=O)OC(=O)[C@@H](N)Cc1cn(C)cn1. The van der Waals surface area contributed by atoms with E-state index in [1.807, 2.05) is 7.05 Å². The highest BCUT2D eigenvalue weighted by molar-refractivity contribution is 5.87. The van der Waals surface area contributed by atoms with Gasteiger partial charge in [-0.15, -0.1) is 0 Å². The van der Waals surface area contributed by atoms with Crippen molar-refractivity contribution in [1.82, 2.24) is 9.55 Å². The highest BCUT2D eigenvalue weighted by atomic mass is 16.6. The van der Waals surface area contributed by atoms with Crippen LogP contribution in [0.1, 0.15) is 12.6 Å². The lowest BCUT2D eigenvalue weighted by Crippen LogP contribution is -2.35. The van der Waals surface area contributed by atoms with Gasteiger partial charge in [-0.25, -0.2) is 9.78 Å². The van der Waals surface area contributed by atoms with Crippen molar-refractivity contribution in [2.24, 2.45) is 12.8 Å². The smallest absolute Gasteiger partial charge is 0.330 e. The zero-order chi connectivity index (χ0) is 11.4. The zero-order valence-electron chi connectivity index (χ0n) is 8.64. The normalized spacial score (nSPS) is 12.2. The van der Waals surface area contributed by atoms with Gasteiger partial charge in [-0.1, -0.05) is 0 Å². The van der Waals surface area contributed by atoms with Crippen molar-refractivity contribution in [1.29, 1.82) is 0 Å². The number of aryl methyl sites for hydroxylation is 1. The number of imidazole rings is 1. The Balaban J connectivity index is 2.51. The third kappa shape index (κ3) is 3.51. The largest absolute Gasteiger partial charge is 0.392 e. The van der Waals surface area contributed by atoms with E-state index >= 15 is 0 Å². The van der Waals surface area contributed by atoms with Gasteiger partial charge < -0.3 is 15.0 Å². The summed E-state index contributed by atoms with van der Waals surface area (Å²) >= 11 is 0. The maximum atomic E-state index is 11.2. The molecule has 0 saturated heterocycles. The molecule has 0 unspecified atom stereocenters. The van der Waals surface area contributed by atoms with Crippen molar-refractivity contribution in [2.45, 2.75) is 19.4 Å². The van der Waals surface area contributed by atoms with Gasteiger partial charge in [-0.3, -0.25) is 4.79 Å². The van der Waals surface area contributed by atoms with Crippen LogP contribution in [0.4, 0.5) is 0 Å². The molecule has 15 heavy (non-hydrogen) atoms. The molecule has 82 valence electrons. The number of aromatic nitrogens is 2. The van der Waals surface area contributed by atoms with E-state index in [-0.39, 0.29) is 6.42 Å². The average Bonchev–Trinajstić information content (AvgIpc) is 2.50. The molecule has 0 aliphatic heterocycles. The Bertz CT molecular complexity index is 372. The van der Waals surface area contributed by atoms with Gasteiger partial charge in [-0.2, -0.15) is 0 Å². The van der Waals surface area contributed by atoms with E-state index in [2.05, 4.69) is 9.72 Å². The van der Waals surface area contributed by atoms with Crippen LogP contribution in [0.25, 0.3) is 0 Å². The highest BCUT2D eigenvalue weighted by Gasteiger charge is 2.18. The average molecular weight is 211 g/mol. The Hall–Kier alpha value is -1.69. The Morgan fingerprint density at radius 1 is 1.67 bits per heavy atom. The summed E-state index contributed by atoms with van der Waals surface area (Å²) in [6, 6.07) is -0.858. The Morgan fingerprint density at radius 2 is 2.33 bits per heavy atom. The third-order valence-corrected chi connectivity index (χ3v) is 1.73. The summed E-state index contributed by atoms with van der Waals surface area (Å²) in [4.78, 5) is 25.7. The second-order valence-electron chi connectivity index (χ2n) is 3.25. The molecular formula is C9H13N3O3. The van der Waals surface area contributed by atoms with E-state index in [0.29, 0.717) is 5.69 Å². The molecule has 0 spiro atoms. The lowest BCUT2D eigenvalue weighted by atomic mass is 10.2. The van der Waals surface area contributed by atoms with Crippen LogP contribution in [-0.4, -0.2) is 27.5 Å². The molecule has 2 N–H and O–H groups in total. The molecule has 6 nitrogen and oxygen atoms in total. The van der Waals surface area contributed by atoms with Crippen LogP contribution in [0.2, 0.25) is 0 Å². The maximum Gasteiger partial charge on any atom is 0.330 e. The Labute approximate surface area is 87.0 Å². The molecule has 0 aliphatic rings. The van der Waals surface area contributed by atoms with E-state index in [1.165, 1.54) is 0 Å². The quantitative estimate of drug-likeness (QED) is 0.531. The molecule has 1 aromatic heterocycles. The van der Waals surface area contributed by atoms with Crippen LogP contribution in [0.3, 0.4) is 0 Å². The predicted octanol–water partition coefficient (Wildman–Crippen LogP) is -0.620. The molecule has 1 rings (SSSR count). The summed E-state index contributed by atoms with van der Waals surface area (Å²) in [6.07, 6.45) is 3.62. The third-order valence-electron chi connectivity index (χ3n) is 1.73. The number of hydrogen-bond donors (Lipinski definition) is 1. The number of carbonyl (C=O) groups excluding carboxylic acids is 2. The molecule has 0 fully saturated rings. The molecular weight excluding hydrogens is 198 g/mol. The van der Waals surface area contributed by atoms with Crippen molar-refractivity contribution in [2.75, 3.05) is 0 Å². The molecule has 0 aromatic carbocycles. The summed E-state index contributed by atoms with van der Waals surface area (Å²) in [5, 5.41) is 0. The molecule has 6 heteroatoms. The summed E-state index contributed by atoms with van der Waals surface area (Å²) < 4.78 is 6.10. The number of ether oxygens (including phenoxy) is 1. The first-order valence-electron chi connectivity index (χ1n) is 4.43. The Morgan fingerprint density at radius 3 is 2.80 bits per heavy atom. The number of carbonyl (C=O) groups is 2. The first-order chi connectivity index (χ1) is 6.99. The first kappa shape index (κ1) is 11.4. The van der Waals surface area contributed by atoms with Gasteiger partial charge >= 0.3 is 11.9 Å². The van der Waals surface area contributed by atoms with Crippen LogP contribution in [0, 0.1) is 0 Å². The number of esters is 2. The lowest BCUT2D eigenvalue weighted by molar-refractivity contribution is -0.159. The minimum absolute atomic E-state index is 0.257. The standard InChI is InChI=1S/C9H13N3O3/c1-6(13)15-9(14)8(10)3-7-4-12(2)5-11-7/h4-5,8H,3,10H2,1-2H3/t8-/m0/s1. The molecule has 1 atom stereocenters. The monoisotopic (exact) mass is 211 g/mol. The van der Waals surface area contributed by atoms with E-state index < -0.39 is 18.0 Å². The maximum absolute atomic E-state index is 11.2. The molecule has 0 amide bonds. The summed E-state index contributed by atoms with van der Waals surface area (Å²) in [7, 11) is 1.82. The minimum atomic E-state index is -0.858. The van der Waals surface area contributed by atoms with Crippen molar-refractivity contribution in [3.8, 4) is 0 Å². The minimum Gasteiger partial charge on any atom is -0.392 e. The van der Waals surface area contributed by atoms with Gasteiger partial charge in [0.25, 0.3) is 0 Å². The van der Waals surface area contributed by atoms with E-state index in [0.717, 1.165) is 6.92 Å². The lowest BCUT2D eigenvalue weighted by Gasteiger charge is -2.06. The van der Waals surface area contributed by atoms with Crippen LogP contribution < -0.4 is 5.73 Å². The summed E-state index contributed by atoms with van der Waals surface area (Å²) in [5.41, 5.74) is 6.22. The fourth-order valence-electron chi connectivity index (χ4n) is 1.10. The second kappa shape index (κ2) is 4.70. The van der Waals surface area contributed by atoms with E-state index in [4.69, 9.17) is 5.73 Å². The van der Waals surface area contributed by atoms with Crippen molar-refractivity contribution < 1.29 is 14.3 Å². The van der Waals surface area contributed by atoms with Crippen molar-refractivity contribution in [3.05, 3.63) is 18.2 Å². The van der Waals surface area contributed by atoms with E-state index in [9.17, 15) is 9.59 Å².